The minimum atomic E-state index is -0.585. The van der Waals surface area contributed by atoms with Gasteiger partial charge in [-0.15, -0.1) is 0 Å². The van der Waals surface area contributed by atoms with Crippen molar-refractivity contribution in [3.05, 3.63) is 51.2 Å². The smallest absolute Gasteiger partial charge is 0.322 e. The van der Waals surface area contributed by atoms with Crippen LogP contribution in [0.5, 0.6) is 0 Å². The van der Waals surface area contributed by atoms with Gasteiger partial charge in [-0.1, -0.05) is 0 Å². The average Bonchev–Trinajstić information content (AvgIpc) is 2.88. The van der Waals surface area contributed by atoms with Crippen LogP contribution in [0, 0.1) is 10.1 Å². The van der Waals surface area contributed by atoms with Crippen LogP contribution >= 0.6 is 0 Å². The number of non-ortho nitro benzene ring substituents is 1. The summed E-state index contributed by atoms with van der Waals surface area (Å²) in [4.78, 5) is 38.1. The first-order valence-corrected chi connectivity index (χ1v) is 7.25. The third-order valence-corrected chi connectivity index (χ3v) is 4.25. The van der Waals surface area contributed by atoms with Gasteiger partial charge in [-0.2, -0.15) is 0 Å². The zero-order valence-electron chi connectivity index (χ0n) is 12.8. The number of nitrogens with zero attached hydrogens (tertiary/aromatic N) is 3. The van der Waals surface area contributed by atoms with E-state index in [2.05, 4.69) is 5.32 Å². The average molecular weight is 316 g/mol. The van der Waals surface area contributed by atoms with E-state index in [1.165, 1.54) is 17.0 Å². The van der Waals surface area contributed by atoms with Crippen molar-refractivity contribution in [3.63, 3.8) is 0 Å². The van der Waals surface area contributed by atoms with E-state index in [-0.39, 0.29) is 17.6 Å². The van der Waals surface area contributed by atoms with E-state index >= 15 is 0 Å². The molecule has 0 radical (unpaired) electrons. The predicted molar refractivity (Wildman–Crippen MR) is 81.4 cm³/mol. The number of nitro benzene ring substituents is 1. The highest BCUT2D eigenvalue weighted by Crippen LogP contribution is 2.35. The molecule has 1 aromatic rings. The number of carbonyl (C=O) groups is 2. The van der Waals surface area contributed by atoms with Gasteiger partial charge in [0.15, 0.2) is 0 Å². The summed E-state index contributed by atoms with van der Waals surface area (Å²) < 4.78 is 0. The van der Waals surface area contributed by atoms with Gasteiger partial charge in [0.25, 0.3) is 11.6 Å². The molecule has 23 heavy (non-hydrogen) atoms. The van der Waals surface area contributed by atoms with Crippen molar-refractivity contribution in [1.82, 2.24) is 15.1 Å². The Morgan fingerprint density at radius 1 is 1.30 bits per heavy atom. The fourth-order valence-electron chi connectivity index (χ4n) is 2.92. The van der Waals surface area contributed by atoms with Crippen LogP contribution in [0.4, 0.5) is 10.5 Å². The first kappa shape index (κ1) is 15.0. The fraction of sp³-hybridized carbons (Fsp3) is 0.333. The molecule has 3 rings (SSSR count). The van der Waals surface area contributed by atoms with E-state index in [4.69, 9.17) is 0 Å². The molecule has 120 valence electrons. The zero-order chi connectivity index (χ0) is 16.7. The van der Waals surface area contributed by atoms with Crippen LogP contribution in [0.1, 0.15) is 18.5 Å². The van der Waals surface area contributed by atoms with Gasteiger partial charge in [-0.05, 0) is 24.6 Å². The maximum absolute atomic E-state index is 12.6. The highest BCUT2D eigenvalue weighted by Gasteiger charge is 2.42. The van der Waals surface area contributed by atoms with Crippen molar-refractivity contribution in [2.45, 2.75) is 13.0 Å². The zero-order valence-corrected chi connectivity index (χ0v) is 12.8. The molecule has 3 amide bonds. The van der Waals surface area contributed by atoms with Crippen LogP contribution in [0.25, 0.3) is 0 Å². The van der Waals surface area contributed by atoms with Crippen LogP contribution in [-0.2, 0) is 4.79 Å². The van der Waals surface area contributed by atoms with E-state index in [0.717, 1.165) is 0 Å². The van der Waals surface area contributed by atoms with Crippen molar-refractivity contribution < 1.29 is 14.5 Å². The maximum Gasteiger partial charge on any atom is 0.322 e. The van der Waals surface area contributed by atoms with Crippen molar-refractivity contribution in [3.8, 4) is 0 Å². The quantitative estimate of drug-likeness (QED) is 0.673. The molecule has 2 heterocycles. The highest BCUT2D eigenvalue weighted by atomic mass is 16.6. The van der Waals surface area contributed by atoms with Gasteiger partial charge in [0.2, 0.25) is 0 Å². The van der Waals surface area contributed by atoms with Gasteiger partial charge in [0, 0.05) is 25.7 Å². The van der Waals surface area contributed by atoms with Crippen molar-refractivity contribution in [2.24, 2.45) is 0 Å². The second kappa shape index (κ2) is 5.38. The SMILES string of the molecule is CCN1CC2=C(C1=O)[C@H](c1ccc([N+](=O)[O-])cc1)NC(=O)N2C. The van der Waals surface area contributed by atoms with Gasteiger partial charge < -0.3 is 10.2 Å². The standard InChI is InChI=1S/C15H16N4O4/c1-3-18-8-11-12(14(18)20)13(16-15(21)17(11)2)9-4-6-10(7-5-9)19(22)23/h4-7,13H,3,8H2,1-2H3,(H,16,21)/t13-/m0/s1. The molecule has 0 bridgehead atoms. The summed E-state index contributed by atoms with van der Waals surface area (Å²) in [6.45, 7) is 2.84. The molecule has 8 nitrogen and oxygen atoms in total. The number of amides is 3. The molecule has 0 unspecified atom stereocenters. The molecule has 0 fully saturated rings. The second-order valence-corrected chi connectivity index (χ2v) is 5.47. The molecule has 8 heteroatoms. The Hall–Kier alpha value is -2.90. The first-order valence-electron chi connectivity index (χ1n) is 7.25. The summed E-state index contributed by atoms with van der Waals surface area (Å²) in [7, 11) is 1.63. The summed E-state index contributed by atoms with van der Waals surface area (Å²) in [5.74, 6) is -0.113. The summed E-state index contributed by atoms with van der Waals surface area (Å²) in [5, 5.41) is 13.5. The van der Waals surface area contributed by atoms with E-state index in [9.17, 15) is 19.7 Å². The molecular weight excluding hydrogens is 300 g/mol. The molecule has 1 N–H and O–H groups in total. The van der Waals surface area contributed by atoms with E-state index in [0.29, 0.717) is 29.9 Å². The van der Waals surface area contributed by atoms with Gasteiger partial charge in [0.1, 0.15) is 0 Å². The molecule has 0 saturated heterocycles. The molecule has 2 aliphatic rings. The van der Waals surface area contributed by atoms with E-state index in [1.807, 2.05) is 6.92 Å². The number of nitrogens with one attached hydrogen (secondary N) is 1. The Labute approximate surface area is 132 Å². The number of carbonyl (C=O) groups excluding carboxylic acids is 2. The third-order valence-electron chi connectivity index (χ3n) is 4.25. The number of benzene rings is 1. The lowest BCUT2D eigenvalue weighted by Crippen LogP contribution is -2.45. The molecule has 0 aromatic heterocycles. The van der Waals surface area contributed by atoms with Gasteiger partial charge in [0.05, 0.1) is 28.8 Å². The summed E-state index contributed by atoms with van der Waals surface area (Å²) in [6.07, 6.45) is 0. The number of hydrogen-bond donors (Lipinski definition) is 1. The fourth-order valence-corrected chi connectivity index (χ4v) is 2.92. The molecule has 2 aliphatic heterocycles. The molecule has 0 saturated carbocycles. The monoisotopic (exact) mass is 316 g/mol. The lowest BCUT2D eigenvalue weighted by molar-refractivity contribution is -0.384. The van der Waals surface area contributed by atoms with Crippen molar-refractivity contribution >= 4 is 17.6 Å². The van der Waals surface area contributed by atoms with Crippen LogP contribution in [0.2, 0.25) is 0 Å². The molecule has 0 spiro atoms. The Bertz CT molecular complexity index is 725. The number of likely N-dealkylation sites (N-methyl/N-ethyl adjacent to an activating group) is 2. The molecule has 1 aromatic carbocycles. The number of nitro groups is 1. The lowest BCUT2D eigenvalue weighted by Gasteiger charge is -2.31. The Morgan fingerprint density at radius 3 is 2.52 bits per heavy atom. The van der Waals surface area contributed by atoms with E-state index in [1.54, 1.807) is 24.1 Å². The third kappa shape index (κ3) is 2.32. The Kier molecular flexibility index (Phi) is 3.51. The maximum atomic E-state index is 12.6. The van der Waals surface area contributed by atoms with E-state index < -0.39 is 11.0 Å². The number of rotatable bonds is 3. The first-order chi connectivity index (χ1) is 10.9. The largest absolute Gasteiger partial charge is 0.333 e. The van der Waals surface area contributed by atoms with Crippen molar-refractivity contribution in [1.29, 1.82) is 0 Å². The molecule has 1 atom stereocenters. The minimum absolute atomic E-state index is 0.0323. The van der Waals surface area contributed by atoms with Crippen LogP contribution in [0.15, 0.2) is 35.5 Å². The predicted octanol–water partition coefficient (Wildman–Crippen LogP) is 1.41. The summed E-state index contributed by atoms with van der Waals surface area (Å²) >= 11 is 0. The molecular formula is C15H16N4O4. The Balaban J connectivity index is 2.02. The highest BCUT2D eigenvalue weighted by molar-refractivity contribution is 6.01. The number of urea groups is 1. The summed E-state index contributed by atoms with van der Waals surface area (Å²) in [6, 6.07) is 5.01. The molecule has 0 aliphatic carbocycles. The van der Waals surface area contributed by atoms with Crippen LogP contribution < -0.4 is 5.32 Å². The van der Waals surface area contributed by atoms with Gasteiger partial charge >= 0.3 is 6.03 Å². The normalized spacial score (nSPS) is 20.7. The Morgan fingerprint density at radius 2 is 1.96 bits per heavy atom. The van der Waals surface area contributed by atoms with Crippen LogP contribution in [-0.4, -0.2) is 46.8 Å². The number of hydrogen-bond acceptors (Lipinski definition) is 4. The van der Waals surface area contributed by atoms with Gasteiger partial charge in [-0.25, -0.2) is 4.79 Å². The van der Waals surface area contributed by atoms with Crippen LogP contribution in [0.3, 0.4) is 0 Å². The second-order valence-electron chi connectivity index (χ2n) is 5.47. The lowest BCUT2D eigenvalue weighted by atomic mass is 9.95. The minimum Gasteiger partial charge on any atom is -0.333 e. The summed E-state index contributed by atoms with van der Waals surface area (Å²) in [5.41, 5.74) is 1.83. The topological polar surface area (TPSA) is 95.8 Å². The van der Waals surface area contributed by atoms with Gasteiger partial charge in [-0.3, -0.25) is 19.8 Å². The van der Waals surface area contributed by atoms with Crippen molar-refractivity contribution in [2.75, 3.05) is 20.1 Å².